The summed E-state index contributed by atoms with van der Waals surface area (Å²) in [5, 5.41) is 7.05. The van der Waals surface area contributed by atoms with E-state index in [1.165, 1.54) is 0 Å². The average Bonchev–Trinajstić information content (AvgIpc) is 3.54. The van der Waals surface area contributed by atoms with Gasteiger partial charge in [0.2, 0.25) is 18.8 Å². The van der Waals surface area contributed by atoms with Gasteiger partial charge in [-0.3, -0.25) is 0 Å². The minimum atomic E-state index is -0.472. The molecule has 0 N–H and O–H groups in total. The number of hydrogen-bond acceptors (Lipinski definition) is 8. The average molecular weight is 460 g/mol. The zero-order valence-electron chi connectivity index (χ0n) is 19.1. The highest BCUT2D eigenvalue weighted by Crippen LogP contribution is 2.50. The Labute approximate surface area is 197 Å². The monoisotopic (exact) mass is 460 g/mol. The van der Waals surface area contributed by atoms with Gasteiger partial charge in [0.15, 0.2) is 23.0 Å². The number of nitrogens with zero attached hydrogens (tertiary/aromatic N) is 2. The number of para-hydroxylation sites is 1. The van der Waals surface area contributed by atoms with Crippen LogP contribution in [0.1, 0.15) is 35.4 Å². The first kappa shape index (κ1) is 20.5. The van der Waals surface area contributed by atoms with Crippen molar-refractivity contribution in [1.82, 2.24) is 5.01 Å². The van der Waals surface area contributed by atoms with E-state index in [1.807, 2.05) is 53.5 Å². The topological polar surface area (TPSA) is 71.0 Å². The Balaban J connectivity index is 1.45. The molecule has 0 saturated carbocycles. The van der Waals surface area contributed by atoms with Gasteiger partial charge in [-0.15, -0.1) is 0 Å². The van der Waals surface area contributed by atoms with Gasteiger partial charge in [0.25, 0.3) is 0 Å². The Morgan fingerprint density at radius 3 is 2.38 bits per heavy atom. The molecule has 3 heterocycles. The summed E-state index contributed by atoms with van der Waals surface area (Å²) in [6.07, 6.45) is 0.265. The fraction of sp³-hybridized carbons (Fsp3) is 0.269. The van der Waals surface area contributed by atoms with Crippen LogP contribution >= 0.6 is 0 Å². The second kappa shape index (κ2) is 8.06. The summed E-state index contributed by atoms with van der Waals surface area (Å²) in [5.74, 6) is 3.99. The van der Waals surface area contributed by atoms with E-state index in [0.29, 0.717) is 17.2 Å². The molecular weight excluding hydrogens is 436 g/mol. The van der Waals surface area contributed by atoms with Gasteiger partial charge in [0.05, 0.1) is 33.1 Å². The quantitative estimate of drug-likeness (QED) is 0.547. The highest BCUT2D eigenvalue weighted by molar-refractivity contribution is 6.02. The Bertz CT molecular complexity index is 1270. The third-order valence-corrected chi connectivity index (χ3v) is 6.38. The number of fused-ring (bicyclic) bond motifs is 4. The van der Waals surface area contributed by atoms with Crippen molar-refractivity contribution in [2.75, 3.05) is 28.1 Å². The molecule has 3 aromatic carbocycles. The SMILES string of the molecule is COc1cc([C@@H]2Oc3ccccc3[C@@H]3CC(c4ccc5c(c4)OCO5)=NN32)cc(OC)c1OC. The van der Waals surface area contributed by atoms with Crippen molar-refractivity contribution in [1.29, 1.82) is 0 Å². The second-order valence-electron chi connectivity index (χ2n) is 8.18. The molecule has 174 valence electrons. The van der Waals surface area contributed by atoms with E-state index < -0.39 is 6.23 Å². The number of rotatable bonds is 5. The van der Waals surface area contributed by atoms with E-state index in [0.717, 1.165) is 46.1 Å². The lowest BCUT2D eigenvalue weighted by atomic mass is 9.95. The summed E-state index contributed by atoms with van der Waals surface area (Å²) in [5.41, 5.74) is 3.91. The van der Waals surface area contributed by atoms with E-state index in [2.05, 4.69) is 6.07 Å². The highest BCUT2D eigenvalue weighted by Gasteiger charge is 2.41. The Hall–Kier alpha value is -4.07. The fourth-order valence-electron chi connectivity index (χ4n) is 4.75. The number of benzene rings is 3. The van der Waals surface area contributed by atoms with Crippen molar-refractivity contribution < 1.29 is 28.4 Å². The Morgan fingerprint density at radius 2 is 1.62 bits per heavy atom. The molecule has 0 radical (unpaired) electrons. The van der Waals surface area contributed by atoms with Crippen molar-refractivity contribution in [3.8, 4) is 34.5 Å². The van der Waals surface area contributed by atoms with Crippen LogP contribution < -0.4 is 28.4 Å². The van der Waals surface area contributed by atoms with Gasteiger partial charge in [0.1, 0.15) is 5.75 Å². The standard InChI is InChI=1S/C26H24N2O6/c1-29-23-11-16(12-24(30-2)25(23)31-3)26-28-19(17-6-4-5-7-20(17)34-26)13-18(27-28)15-8-9-21-22(10-15)33-14-32-21/h4-12,19,26H,13-14H2,1-3H3/t19-,26-/m0/s1. The summed E-state index contributed by atoms with van der Waals surface area (Å²) in [7, 11) is 4.80. The molecule has 8 heteroatoms. The van der Waals surface area contributed by atoms with Crippen LogP contribution in [0.25, 0.3) is 0 Å². The van der Waals surface area contributed by atoms with E-state index in [9.17, 15) is 0 Å². The van der Waals surface area contributed by atoms with Gasteiger partial charge in [-0.2, -0.15) is 5.10 Å². The number of hydrazone groups is 1. The maximum Gasteiger partial charge on any atom is 0.231 e. The molecule has 0 bridgehead atoms. The second-order valence-corrected chi connectivity index (χ2v) is 8.18. The normalized spacial score (nSPS) is 19.6. The van der Waals surface area contributed by atoms with E-state index in [4.69, 9.17) is 33.5 Å². The lowest BCUT2D eigenvalue weighted by Gasteiger charge is -2.38. The van der Waals surface area contributed by atoms with Crippen LogP contribution in [0, 0.1) is 0 Å². The first-order chi connectivity index (χ1) is 16.7. The van der Waals surface area contributed by atoms with Gasteiger partial charge >= 0.3 is 0 Å². The van der Waals surface area contributed by atoms with Gasteiger partial charge in [-0.1, -0.05) is 18.2 Å². The number of ether oxygens (including phenoxy) is 6. The van der Waals surface area contributed by atoms with Crippen molar-refractivity contribution in [3.05, 3.63) is 71.3 Å². The van der Waals surface area contributed by atoms with Crippen molar-refractivity contribution in [3.63, 3.8) is 0 Å². The van der Waals surface area contributed by atoms with E-state index in [-0.39, 0.29) is 12.8 Å². The van der Waals surface area contributed by atoms with Crippen LogP contribution in [0.2, 0.25) is 0 Å². The molecule has 0 spiro atoms. The molecule has 0 amide bonds. The van der Waals surface area contributed by atoms with Crippen LogP contribution in [0.4, 0.5) is 0 Å². The lowest BCUT2D eigenvalue weighted by molar-refractivity contribution is -0.0192. The van der Waals surface area contributed by atoms with Gasteiger partial charge < -0.3 is 28.4 Å². The van der Waals surface area contributed by atoms with E-state index in [1.54, 1.807) is 21.3 Å². The minimum absolute atomic E-state index is 0.0227. The molecule has 0 aliphatic carbocycles. The predicted octanol–water partition coefficient (Wildman–Crippen LogP) is 4.68. The van der Waals surface area contributed by atoms with Crippen LogP contribution in [0.3, 0.4) is 0 Å². The molecular formula is C26H24N2O6. The predicted molar refractivity (Wildman–Crippen MR) is 124 cm³/mol. The van der Waals surface area contributed by atoms with Crippen LogP contribution in [0.5, 0.6) is 34.5 Å². The van der Waals surface area contributed by atoms with Gasteiger partial charge in [0, 0.05) is 23.1 Å². The Morgan fingerprint density at radius 1 is 0.853 bits per heavy atom. The van der Waals surface area contributed by atoms with Gasteiger partial charge in [-0.25, -0.2) is 5.01 Å². The molecule has 2 atom stereocenters. The molecule has 34 heavy (non-hydrogen) atoms. The zero-order chi connectivity index (χ0) is 23.2. The fourth-order valence-corrected chi connectivity index (χ4v) is 4.75. The smallest absolute Gasteiger partial charge is 0.231 e. The molecule has 0 unspecified atom stereocenters. The summed E-state index contributed by atoms with van der Waals surface area (Å²) in [6.45, 7) is 0.241. The van der Waals surface area contributed by atoms with Crippen molar-refractivity contribution in [2.24, 2.45) is 5.10 Å². The molecule has 3 aromatic rings. The Kier molecular flexibility index (Phi) is 4.86. The summed E-state index contributed by atoms with van der Waals surface area (Å²) >= 11 is 0. The first-order valence-electron chi connectivity index (χ1n) is 11.0. The summed E-state index contributed by atoms with van der Waals surface area (Å²) < 4.78 is 34.2. The van der Waals surface area contributed by atoms with Gasteiger partial charge in [-0.05, 0) is 36.4 Å². The molecule has 0 aromatic heterocycles. The van der Waals surface area contributed by atoms with Crippen LogP contribution in [-0.2, 0) is 0 Å². The third-order valence-electron chi connectivity index (χ3n) is 6.38. The number of hydrogen-bond donors (Lipinski definition) is 0. The lowest BCUT2D eigenvalue weighted by Crippen LogP contribution is -2.33. The van der Waals surface area contributed by atoms with Crippen molar-refractivity contribution in [2.45, 2.75) is 18.7 Å². The molecule has 3 aliphatic rings. The minimum Gasteiger partial charge on any atom is -0.493 e. The van der Waals surface area contributed by atoms with Crippen molar-refractivity contribution >= 4 is 5.71 Å². The molecule has 0 fully saturated rings. The molecule has 3 aliphatic heterocycles. The summed E-state index contributed by atoms with van der Waals surface area (Å²) in [6, 6.07) is 17.9. The first-order valence-corrected chi connectivity index (χ1v) is 11.0. The maximum absolute atomic E-state index is 6.48. The highest BCUT2D eigenvalue weighted by atomic mass is 16.7. The third kappa shape index (κ3) is 3.17. The molecule has 6 rings (SSSR count). The molecule has 8 nitrogen and oxygen atoms in total. The zero-order valence-corrected chi connectivity index (χ0v) is 19.1. The molecule has 0 saturated heterocycles. The van der Waals surface area contributed by atoms with E-state index >= 15 is 0 Å². The largest absolute Gasteiger partial charge is 0.493 e. The van der Waals surface area contributed by atoms with Crippen LogP contribution in [-0.4, -0.2) is 38.8 Å². The number of methoxy groups -OCH3 is 3. The van der Waals surface area contributed by atoms with Crippen LogP contribution in [0.15, 0.2) is 59.7 Å². The summed E-state index contributed by atoms with van der Waals surface area (Å²) in [4.78, 5) is 0. The maximum atomic E-state index is 6.48.